The van der Waals surface area contributed by atoms with Gasteiger partial charge in [-0.3, -0.25) is 5.32 Å². The monoisotopic (exact) mass is 305 g/mol. The summed E-state index contributed by atoms with van der Waals surface area (Å²) >= 11 is 0. The number of guanidine groups is 1. The normalized spacial score (nSPS) is 11.7. The number of hydrogen-bond donors (Lipinski definition) is 2. The van der Waals surface area contributed by atoms with Gasteiger partial charge in [0.2, 0.25) is 5.95 Å². The van der Waals surface area contributed by atoms with E-state index in [1.54, 1.807) is 0 Å². The van der Waals surface area contributed by atoms with Crippen LogP contribution in [0, 0.1) is 13.8 Å². The molecule has 1 aromatic heterocycles. The minimum absolute atomic E-state index is 0.305. The number of nitrogens with two attached hydrogens (primary N) is 1. The smallest absolute Gasteiger partial charge is 0.230 e. The van der Waals surface area contributed by atoms with Gasteiger partial charge in [0.25, 0.3) is 0 Å². The van der Waals surface area contributed by atoms with E-state index in [-0.39, 0.29) is 0 Å². The number of nitrogens with one attached hydrogen (secondary N) is 1. The predicted octanol–water partition coefficient (Wildman–Crippen LogP) is 3.17. The molecule has 3 N–H and O–H groups in total. The lowest BCUT2D eigenvalue weighted by molar-refractivity contribution is 1.05. The Kier molecular flexibility index (Phi) is 4.19. The molecule has 2 aromatic carbocycles. The van der Waals surface area contributed by atoms with Crippen LogP contribution in [0.25, 0.3) is 10.9 Å². The van der Waals surface area contributed by atoms with Gasteiger partial charge in [0.05, 0.1) is 17.8 Å². The van der Waals surface area contributed by atoms with Crippen molar-refractivity contribution in [3.05, 3.63) is 65.4 Å². The lowest BCUT2D eigenvalue weighted by Crippen LogP contribution is -2.24. The Bertz CT molecular complexity index is 856. The first-order valence-corrected chi connectivity index (χ1v) is 7.48. The number of anilines is 1. The quantitative estimate of drug-likeness (QED) is 0.575. The standard InChI is InChI=1S/C18H19N5/c1-12-8-9-16-15(10-12)13(2)21-18(22-16)23-17(19)20-11-14-6-4-3-5-7-14/h3-10H,11H2,1-2H3,(H3,19,20,21,22,23). The molecule has 0 saturated carbocycles. The van der Waals surface area contributed by atoms with E-state index < -0.39 is 0 Å². The van der Waals surface area contributed by atoms with Gasteiger partial charge in [-0.25, -0.2) is 15.0 Å². The third-order valence-corrected chi connectivity index (χ3v) is 3.56. The van der Waals surface area contributed by atoms with E-state index in [9.17, 15) is 0 Å². The van der Waals surface area contributed by atoms with Crippen molar-refractivity contribution in [1.82, 2.24) is 9.97 Å². The van der Waals surface area contributed by atoms with Crippen molar-refractivity contribution in [3.8, 4) is 0 Å². The predicted molar refractivity (Wildman–Crippen MR) is 94.4 cm³/mol. The summed E-state index contributed by atoms with van der Waals surface area (Å²) in [5.41, 5.74) is 10.0. The SMILES string of the molecule is Cc1ccc2nc(NC(N)=NCc3ccccc3)nc(C)c2c1. The molecule has 0 spiro atoms. The van der Waals surface area contributed by atoms with Gasteiger partial charge in [0.1, 0.15) is 0 Å². The Morgan fingerprint density at radius 1 is 1.09 bits per heavy atom. The van der Waals surface area contributed by atoms with Crippen LogP contribution < -0.4 is 11.1 Å². The van der Waals surface area contributed by atoms with E-state index in [4.69, 9.17) is 5.73 Å². The van der Waals surface area contributed by atoms with Crippen molar-refractivity contribution in [1.29, 1.82) is 0 Å². The van der Waals surface area contributed by atoms with Crippen molar-refractivity contribution < 1.29 is 0 Å². The van der Waals surface area contributed by atoms with Crippen LogP contribution in [-0.4, -0.2) is 15.9 Å². The summed E-state index contributed by atoms with van der Waals surface area (Å²) in [5.74, 6) is 0.771. The van der Waals surface area contributed by atoms with Gasteiger partial charge < -0.3 is 5.73 Å². The highest BCUT2D eigenvalue weighted by molar-refractivity contribution is 5.92. The Labute approximate surface area is 135 Å². The van der Waals surface area contributed by atoms with E-state index in [2.05, 4.69) is 33.3 Å². The second-order valence-electron chi connectivity index (χ2n) is 5.47. The fraction of sp³-hybridized carbons (Fsp3) is 0.167. The molecule has 0 bridgehead atoms. The molecule has 0 aliphatic heterocycles. The largest absolute Gasteiger partial charge is 0.370 e. The molecule has 0 saturated heterocycles. The first-order chi connectivity index (χ1) is 11.1. The van der Waals surface area contributed by atoms with Gasteiger partial charge in [0, 0.05) is 5.39 Å². The summed E-state index contributed by atoms with van der Waals surface area (Å²) in [6.45, 7) is 4.54. The fourth-order valence-electron chi connectivity index (χ4n) is 2.37. The average molecular weight is 305 g/mol. The minimum Gasteiger partial charge on any atom is -0.370 e. The van der Waals surface area contributed by atoms with Crippen LogP contribution in [0.3, 0.4) is 0 Å². The molecule has 0 radical (unpaired) electrons. The van der Waals surface area contributed by atoms with E-state index in [0.717, 1.165) is 22.2 Å². The number of nitrogens with zero attached hydrogens (tertiary/aromatic N) is 3. The van der Waals surface area contributed by atoms with Crippen LogP contribution in [0.5, 0.6) is 0 Å². The third kappa shape index (κ3) is 3.63. The molecule has 5 nitrogen and oxygen atoms in total. The van der Waals surface area contributed by atoms with Crippen molar-refractivity contribution in [2.24, 2.45) is 10.7 Å². The first-order valence-electron chi connectivity index (χ1n) is 7.48. The van der Waals surface area contributed by atoms with Crippen LogP contribution in [0.15, 0.2) is 53.5 Å². The van der Waals surface area contributed by atoms with Crippen LogP contribution >= 0.6 is 0 Å². The summed E-state index contributed by atoms with van der Waals surface area (Å²) in [6, 6.07) is 16.1. The maximum Gasteiger partial charge on any atom is 0.230 e. The number of rotatable bonds is 3. The van der Waals surface area contributed by atoms with E-state index >= 15 is 0 Å². The van der Waals surface area contributed by atoms with E-state index in [0.29, 0.717) is 18.5 Å². The third-order valence-electron chi connectivity index (χ3n) is 3.56. The van der Waals surface area contributed by atoms with Crippen molar-refractivity contribution in [2.45, 2.75) is 20.4 Å². The molecule has 1 heterocycles. The maximum atomic E-state index is 5.93. The van der Waals surface area contributed by atoms with Crippen LogP contribution in [0.1, 0.15) is 16.8 Å². The Morgan fingerprint density at radius 2 is 1.87 bits per heavy atom. The Balaban J connectivity index is 1.79. The Morgan fingerprint density at radius 3 is 2.65 bits per heavy atom. The van der Waals surface area contributed by atoms with Crippen molar-refractivity contribution >= 4 is 22.8 Å². The molecule has 0 aliphatic rings. The number of aliphatic imine (C=N–C) groups is 1. The maximum absolute atomic E-state index is 5.93. The van der Waals surface area contributed by atoms with Gasteiger partial charge in [0.15, 0.2) is 5.96 Å². The van der Waals surface area contributed by atoms with Crippen LogP contribution in [-0.2, 0) is 6.54 Å². The zero-order valence-corrected chi connectivity index (χ0v) is 13.2. The molecule has 23 heavy (non-hydrogen) atoms. The number of aromatic nitrogens is 2. The van der Waals surface area contributed by atoms with Crippen LogP contribution in [0.4, 0.5) is 5.95 Å². The lowest BCUT2D eigenvalue weighted by Gasteiger charge is -2.08. The Hall–Kier alpha value is -2.95. The minimum atomic E-state index is 0.305. The van der Waals surface area contributed by atoms with Crippen molar-refractivity contribution in [2.75, 3.05) is 5.32 Å². The summed E-state index contributed by atoms with van der Waals surface area (Å²) < 4.78 is 0. The fourth-order valence-corrected chi connectivity index (χ4v) is 2.37. The van der Waals surface area contributed by atoms with Gasteiger partial charge in [-0.05, 0) is 31.5 Å². The molecular formula is C18H19N5. The van der Waals surface area contributed by atoms with E-state index in [1.807, 2.05) is 49.4 Å². The molecular weight excluding hydrogens is 286 g/mol. The second kappa shape index (κ2) is 6.44. The first kappa shape index (κ1) is 15.0. The lowest BCUT2D eigenvalue weighted by atomic mass is 10.1. The molecule has 0 atom stereocenters. The van der Waals surface area contributed by atoms with Gasteiger partial charge in [-0.15, -0.1) is 0 Å². The molecule has 0 aliphatic carbocycles. The van der Waals surface area contributed by atoms with Gasteiger partial charge in [-0.1, -0.05) is 42.0 Å². The molecule has 0 fully saturated rings. The molecule has 3 rings (SSSR count). The van der Waals surface area contributed by atoms with Crippen molar-refractivity contribution in [3.63, 3.8) is 0 Å². The highest BCUT2D eigenvalue weighted by Gasteiger charge is 2.05. The summed E-state index contributed by atoms with van der Waals surface area (Å²) in [5, 5.41) is 4.02. The van der Waals surface area contributed by atoms with Gasteiger partial charge >= 0.3 is 0 Å². The molecule has 5 heteroatoms. The van der Waals surface area contributed by atoms with E-state index in [1.165, 1.54) is 5.56 Å². The molecule has 3 aromatic rings. The number of benzene rings is 2. The number of aryl methyl sites for hydroxylation is 2. The molecule has 0 unspecified atom stereocenters. The van der Waals surface area contributed by atoms with Crippen LogP contribution in [0.2, 0.25) is 0 Å². The highest BCUT2D eigenvalue weighted by Crippen LogP contribution is 2.18. The summed E-state index contributed by atoms with van der Waals surface area (Å²) in [4.78, 5) is 13.3. The summed E-state index contributed by atoms with van der Waals surface area (Å²) in [7, 11) is 0. The topological polar surface area (TPSA) is 76.2 Å². The second-order valence-corrected chi connectivity index (χ2v) is 5.47. The molecule has 0 amide bonds. The summed E-state index contributed by atoms with van der Waals surface area (Å²) in [6.07, 6.45) is 0. The zero-order valence-electron chi connectivity index (χ0n) is 13.2. The number of fused-ring (bicyclic) bond motifs is 1. The average Bonchev–Trinajstić information content (AvgIpc) is 2.55. The zero-order chi connectivity index (χ0) is 16.2. The van der Waals surface area contributed by atoms with Gasteiger partial charge in [-0.2, -0.15) is 0 Å². The molecule has 116 valence electrons. The highest BCUT2D eigenvalue weighted by atomic mass is 15.2. The number of hydrogen-bond acceptors (Lipinski definition) is 3.